The van der Waals surface area contributed by atoms with Crippen molar-refractivity contribution in [2.24, 2.45) is 5.16 Å². The third-order valence-electron chi connectivity index (χ3n) is 1.58. The van der Waals surface area contributed by atoms with Gasteiger partial charge in [0.05, 0.1) is 5.56 Å². The average molecular weight is 266 g/mol. The molecule has 0 aliphatic heterocycles. The lowest BCUT2D eigenvalue weighted by Gasteiger charge is -2.05. The number of nitrogens with zero attached hydrogens (tertiary/aromatic N) is 1. The molecule has 0 radical (unpaired) electrons. The molecule has 1 rings (SSSR count). The Morgan fingerprint density at radius 1 is 1.62 bits per heavy atom. The smallest absolute Gasteiger partial charge is 0.179 e. The van der Waals surface area contributed by atoms with Crippen LogP contribution in [0.2, 0.25) is 0 Å². The number of hydrogen-bond donors (Lipinski definition) is 1. The van der Waals surface area contributed by atoms with Gasteiger partial charge in [0.25, 0.3) is 0 Å². The zero-order valence-corrected chi connectivity index (χ0v) is 9.02. The fourth-order valence-electron chi connectivity index (χ4n) is 0.896. The van der Waals surface area contributed by atoms with E-state index < -0.39 is 5.82 Å². The Hall–Kier alpha value is -0.610. The van der Waals surface area contributed by atoms with E-state index in [0.29, 0.717) is 4.47 Å². The number of halogens is 3. The Balaban J connectivity index is 3.42. The molecule has 13 heavy (non-hydrogen) atoms. The molecule has 0 bridgehead atoms. The molecular formula is C8H6BrClFNO. The van der Waals surface area contributed by atoms with Crippen molar-refractivity contribution in [1.82, 2.24) is 0 Å². The van der Waals surface area contributed by atoms with Crippen molar-refractivity contribution in [2.45, 2.75) is 6.92 Å². The van der Waals surface area contributed by atoms with E-state index in [-0.39, 0.29) is 10.7 Å². The summed E-state index contributed by atoms with van der Waals surface area (Å²) in [6, 6.07) is 2.87. The highest BCUT2D eigenvalue weighted by Gasteiger charge is 2.13. The first-order valence-electron chi connectivity index (χ1n) is 3.40. The average Bonchev–Trinajstić information content (AvgIpc) is 2.12. The largest absolute Gasteiger partial charge is 0.410 e. The second kappa shape index (κ2) is 4.07. The molecule has 2 nitrogen and oxygen atoms in total. The summed E-state index contributed by atoms with van der Waals surface area (Å²) in [4.78, 5) is 0. The summed E-state index contributed by atoms with van der Waals surface area (Å²) in [5.74, 6) is -0.528. The Morgan fingerprint density at radius 3 is 2.77 bits per heavy atom. The fourth-order valence-corrected chi connectivity index (χ4v) is 1.70. The first-order valence-corrected chi connectivity index (χ1v) is 4.57. The molecule has 0 saturated carbocycles. The van der Waals surface area contributed by atoms with Crippen molar-refractivity contribution in [1.29, 1.82) is 0 Å². The number of oxime groups is 1. The van der Waals surface area contributed by atoms with Crippen LogP contribution in [0.5, 0.6) is 0 Å². The van der Waals surface area contributed by atoms with Crippen molar-refractivity contribution in [3.05, 3.63) is 33.5 Å². The summed E-state index contributed by atoms with van der Waals surface area (Å²) < 4.78 is 13.7. The van der Waals surface area contributed by atoms with Crippen LogP contribution in [-0.4, -0.2) is 10.4 Å². The third kappa shape index (κ3) is 2.00. The van der Waals surface area contributed by atoms with E-state index >= 15 is 0 Å². The second-order valence-electron chi connectivity index (χ2n) is 2.44. The monoisotopic (exact) mass is 265 g/mol. The lowest BCUT2D eigenvalue weighted by Crippen LogP contribution is -1.99. The van der Waals surface area contributed by atoms with Crippen molar-refractivity contribution in [3.63, 3.8) is 0 Å². The Labute approximate surface area is 88.1 Å². The quantitative estimate of drug-likeness (QED) is 0.472. The SMILES string of the molecule is Cc1ccc(F)c(C(Cl)=NO)c1Br. The van der Waals surface area contributed by atoms with E-state index in [9.17, 15) is 4.39 Å². The minimum atomic E-state index is -0.528. The molecule has 1 aromatic rings. The van der Waals surface area contributed by atoms with Crippen LogP contribution >= 0.6 is 27.5 Å². The summed E-state index contributed by atoms with van der Waals surface area (Å²) in [6.07, 6.45) is 0. The number of aryl methyl sites for hydroxylation is 1. The van der Waals surface area contributed by atoms with E-state index in [2.05, 4.69) is 21.1 Å². The molecule has 0 atom stereocenters. The second-order valence-corrected chi connectivity index (χ2v) is 3.60. The minimum Gasteiger partial charge on any atom is -0.410 e. The topological polar surface area (TPSA) is 32.6 Å². The fraction of sp³-hybridized carbons (Fsp3) is 0.125. The summed E-state index contributed by atoms with van der Waals surface area (Å²) in [7, 11) is 0. The van der Waals surface area contributed by atoms with E-state index in [0.717, 1.165) is 5.56 Å². The molecule has 0 saturated heterocycles. The van der Waals surface area contributed by atoms with Crippen LogP contribution in [0, 0.1) is 12.7 Å². The van der Waals surface area contributed by atoms with Crippen LogP contribution in [0.25, 0.3) is 0 Å². The van der Waals surface area contributed by atoms with E-state index in [1.54, 1.807) is 13.0 Å². The summed E-state index contributed by atoms with van der Waals surface area (Å²) in [6.45, 7) is 1.79. The molecule has 1 aromatic carbocycles. The molecule has 0 aliphatic rings. The van der Waals surface area contributed by atoms with Crippen molar-refractivity contribution in [2.75, 3.05) is 0 Å². The summed E-state index contributed by atoms with van der Waals surface area (Å²) in [5, 5.41) is 10.9. The predicted molar refractivity (Wildman–Crippen MR) is 53.0 cm³/mol. The number of hydrogen-bond acceptors (Lipinski definition) is 2. The van der Waals surface area contributed by atoms with Gasteiger partial charge in [0, 0.05) is 4.47 Å². The van der Waals surface area contributed by atoms with Crippen molar-refractivity contribution in [3.8, 4) is 0 Å². The van der Waals surface area contributed by atoms with Crippen LogP contribution in [0.1, 0.15) is 11.1 Å². The van der Waals surface area contributed by atoms with Crippen LogP contribution in [-0.2, 0) is 0 Å². The lowest BCUT2D eigenvalue weighted by atomic mass is 10.1. The molecular weight excluding hydrogens is 260 g/mol. The number of rotatable bonds is 1. The minimum absolute atomic E-state index is 0.0733. The maximum absolute atomic E-state index is 13.2. The van der Waals surface area contributed by atoms with Gasteiger partial charge in [0.2, 0.25) is 0 Å². The highest BCUT2D eigenvalue weighted by molar-refractivity contribution is 9.10. The molecule has 0 aromatic heterocycles. The first-order chi connectivity index (χ1) is 6.07. The predicted octanol–water partition coefficient (Wildman–Crippen LogP) is 3.27. The number of benzene rings is 1. The molecule has 0 unspecified atom stereocenters. The Kier molecular flexibility index (Phi) is 3.27. The van der Waals surface area contributed by atoms with Gasteiger partial charge in [-0.05, 0) is 34.5 Å². The molecule has 0 heterocycles. The standard InChI is InChI=1S/C8H6BrClFNO/c1-4-2-3-5(11)6(7(4)9)8(10)12-13/h2-3,13H,1H3. The first kappa shape index (κ1) is 10.5. The van der Waals surface area contributed by atoms with Crippen molar-refractivity contribution < 1.29 is 9.60 Å². The highest BCUT2D eigenvalue weighted by Crippen LogP contribution is 2.25. The lowest BCUT2D eigenvalue weighted by molar-refractivity contribution is 0.320. The highest BCUT2D eigenvalue weighted by atomic mass is 79.9. The van der Waals surface area contributed by atoms with E-state index in [1.165, 1.54) is 6.07 Å². The molecule has 70 valence electrons. The maximum Gasteiger partial charge on any atom is 0.179 e. The van der Waals surface area contributed by atoms with Gasteiger partial charge < -0.3 is 5.21 Å². The summed E-state index contributed by atoms with van der Waals surface area (Å²) >= 11 is 8.66. The molecule has 0 amide bonds. The molecule has 5 heteroatoms. The van der Waals surface area contributed by atoms with Gasteiger partial charge in [-0.1, -0.05) is 22.8 Å². The van der Waals surface area contributed by atoms with Gasteiger partial charge in [0.15, 0.2) is 5.17 Å². The van der Waals surface area contributed by atoms with Crippen LogP contribution in [0.3, 0.4) is 0 Å². The van der Waals surface area contributed by atoms with Crippen molar-refractivity contribution >= 4 is 32.7 Å². The van der Waals surface area contributed by atoms with Gasteiger partial charge >= 0.3 is 0 Å². The van der Waals surface area contributed by atoms with Crippen LogP contribution in [0.15, 0.2) is 21.8 Å². The maximum atomic E-state index is 13.2. The zero-order valence-electron chi connectivity index (χ0n) is 6.68. The Bertz CT molecular complexity index is 367. The molecule has 1 N–H and O–H groups in total. The molecule has 0 aliphatic carbocycles. The normalized spacial score (nSPS) is 11.8. The Morgan fingerprint density at radius 2 is 2.23 bits per heavy atom. The van der Waals surface area contributed by atoms with E-state index in [1.807, 2.05) is 0 Å². The van der Waals surface area contributed by atoms with Crippen LogP contribution in [0.4, 0.5) is 4.39 Å². The van der Waals surface area contributed by atoms with E-state index in [4.69, 9.17) is 16.8 Å². The van der Waals surface area contributed by atoms with Gasteiger partial charge in [0.1, 0.15) is 5.82 Å². The molecule has 0 spiro atoms. The zero-order chi connectivity index (χ0) is 10.0. The summed E-state index contributed by atoms with van der Waals surface area (Å²) in [5.41, 5.74) is 0.891. The molecule has 0 fully saturated rings. The van der Waals surface area contributed by atoms with Gasteiger partial charge in [-0.3, -0.25) is 0 Å². The third-order valence-corrected chi connectivity index (χ3v) is 2.86. The van der Waals surface area contributed by atoms with Gasteiger partial charge in [-0.2, -0.15) is 0 Å². The van der Waals surface area contributed by atoms with Crippen LogP contribution < -0.4 is 0 Å². The van der Waals surface area contributed by atoms with Gasteiger partial charge in [-0.15, -0.1) is 0 Å². The van der Waals surface area contributed by atoms with Gasteiger partial charge in [-0.25, -0.2) is 4.39 Å².